The van der Waals surface area contributed by atoms with Crippen LogP contribution in [-0.2, 0) is 13.2 Å². The monoisotopic (exact) mass is 540 g/mol. The van der Waals surface area contributed by atoms with E-state index in [1.54, 1.807) is 24.4 Å². The third-order valence-corrected chi connectivity index (χ3v) is 5.76. The van der Waals surface area contributed by atoms with Gasteiger partial charge in [-0.3, -0.25) is 0 Å². The maximum Gasteiger partial charge on any atom is 0.175 e. The number of hydrogen-bond donors (Lipinski definition) is 1. The molecule has 31 heavy (non-hydrogen) atoms. The lowest BCUT2D eigenvalue weighted by molar-refractivity contribution is 0.267. The minimum absolute atomic E-state index is 0.368. The van der Waals surface area contributed by atoms with Gasteiger partial charge in [-0.15, -0.1) is 0 Å². The second-order valence-electron chi connectivity index (χ2n) is 6.47. The lowest BCUT2D eigenvalue weighted by atomic mass is 10.2. The first kappa shape index (κ1) is 23.7. The van der Waals surface area contributed by atoms with Crippen molar-refractivity contribution in [2.24, 2.45) is 5.10 Å². The molecule has 0 aliphatic rings. The molecule has 0 fully saturated rings. The van der Waals surface area contributed by atoms with Crippen molar-refractivity contribution in [1.29, 1.82) is 0 Å². The minimum Gasteiger partial charge on any atom is -0.490 e. The van der Waals surface area contributed by atoms with Crippen LogP contribution < -0.4 is 14.9 Å². The van der Waals surface area contributed by atoms with Gasteiger partial charge in [0.1, 0.15) is 6.61 Å². The Labute approximate surface area is 205 Å². The average Bonchev–Trinajstić information content (AvgIpc) is 2.72. The summed E-state index contributed by atoms with van der Waals surface area (Å²) < 4.78 is 12.5. The van der Waals surface area contributed by atoms with Crippen molar-refractivity contribution in [1.82, 2.24) is 5.43 Å². The Bertz CT molecular complexity index is 1060. The molecule has 0 aliphatic heterocycles. The fourth-order valence-corrected chi connectivity index (χ4v) is 4.11. The smallest absolute Gasteiger partial charge is 0.175 e. The molecule has 0 radical (unpaired) electrons. The predicted molar refractivity (Wildman–Crippen MR) is 132 cm³/mol. The summed E-state index contributed by atoms with van der Waals surface area (Å²) in [6, 6.07) is 16.7. The fourth-order valence-electron chi connectivity index (χ4n) is 2.79. The van der Waals surface area contributed by atoms with Crippen molar-refractivity contribution in [3.05, 3.63) is 90.8 Å². The molecular weight excluding hydrogens is 523 g/mol. The van der Waals surface area contributed by atoms with Crippen LogP contribution in [0.4, 0.5) is 0 Å². The van der Waals surface area contributed by atoms with Gasteiger partial charge in [0.15, 0.2) is 11.5 Å². The van der Waals surface area contributed by atoms with Gasteiger partial charge in [0, 0.05) is 20.6 Å². The van der Waals surface area contributed by atoms with Gasteiger partial charge in [-0.2, -0.15) is 5.10 Å². The van der Waals surface area contributed by atoms with Crippen LogP contribution in [0.5, 0.6) is 11.5 Å². The maximum atomic E-state index is 6.18. The van der Waals surface area contributed by atoms with E-state index in [0.29, 0.717) is 46.3 Å². The summed E-state index contributed by atoms with van der Waals surface area (Å²) in [5.74, 6) is 1.24. The standard InChI is InChI=1S/C23H20BrCl3N2O2/c1-2-30-22-11-16(12-28-29-13-18-20(26)7-4-8-21(18)27)10-19(24)23(22)31-14-15-5-3-6-17(25)9-15/h3-12,29H,2,13-14H2,1H3/b28-12-. The first-order chi connectivity index (χ1) is 15.0. The van der Waals surface area contributed by atoms with Crippen LogP contribution in [0.2, 0.25) is 15.1 Å². The second-order valence-corrected chi connectivity index (χ2v) is 8.58. The van der Waals surface area contributed by atoms with Gasteiger partial charge in [0.05, 0.1) is 23.8 Å². The molecule has 162 valence electrons. The number of halogens is 4. The lowest BCUT2D eigenvalue weighted by Crippen LogP contribution is -2.07. The number of nitrogens with zero attached hydrogens (tertiary/aromatic N) is 1. The van der Waals surface area contributed by atoms with E-state index in [9.17, 15) is 0 Å². The Kier molecular flexibility index (Phi) is 8.90. The molecule has 0 saturated carbocycles. The molecular formula is C23H20BrCl3N2O2. The molecule has 4 nitrogen and oxygen atoms in total. The molecule has 0 heterocycles. The Morgan fingerprint density at radius 1 is 1.00 bits per heavy atom. The topological polar surface area (TPSA) is 42.8 Å². The van der Waals surface area contributed by atoms with Crippen molar-refractivity contribution in [2.45, 2.75) is 20.1 Å². The molecule has 0 amide bonds. The molecule has 8 heteroatoms. The van der Waals surface area contributed by atoms with E-state index in [-0.39, 0.29) is 0 Å². The Morgan fingerprint density at radius 3 is 2.45 bits per heavy atom. The number of nitrogens with one attached hydrogen (secondary N) is 1. The third kappa shape index (κ3) is 6.78. The highest BCUT2D eigenvalue weighted by Crippen LogP contribution is 2.37. The lowest BCUT2D eigenvalue weighted by Gasteiger charge is -2.15. The zero-order chi connectivity index (χ0) is 22.2. The van der Waals surface area contributed by atoms with E-state index in [2.05, 4.69) is 26.5 Å². The zero-order valence-corrected chi connectivity index (χ0v) is 20.5. The Morgan fingerprint density at radius 2 is 1.74 bits per heavy atom. The summed E-state index contributed by atoms with van der Waals surface area (Å²) in [6.45, 7) is 3.20. The quantitative estimate of drug-likeness (QED) is 0.225. The van der Waals surface area contributed by atoms with Crippen molar-refractivity contribution >= 4 is 56.9 Å². The van der Waals surface area contributed by atoms with Crippen molar-refractivity contribution < 1.29 is 9.47 Å². The highest BCUT2D eigenvalue weighted by molar-refractivity contribution is 9.10. The summed E-state index contributed by atoms with van der Waals surface area (Å²) in [5, 5.41) is 6.13. The van der Waals surface area contributed by atoms with E-state index >= 15 is 0 Å². The first-order valence-electron chi connectivity index (χ1n) is 9.50. The van der Waals surface area contributed by atoms with E-state index in [4.69, 9.17) is 44.3 Å². The normalized spacial score (nSPS) is 11.0. The molecule has 0 spiro atoms. The highest BCUT2D eigenvalue weighted by atomic mass is 79.9. The van der Waals surface area contributed by atoms with Crippen molar-refractivity contribution in [2.75, 3.05) is 6.61 Å². The summed E-state index contributed by atoms with van der Waals surface area (Å²) in [5.41, 5.74) is 5.57. The van der Waals surface area contributed by atoms with Gasteiger partial charge >= 0.3 is 0 Å². The molecule has 3 aromatic carbocycles. The van der Waals surface area contributed by atoms with Crippen LogP contribution >= 0.6 is 50.7 Å². The largest absolute Gasteiger partial charge is 0.490 e. The summed E-state index contributed by atoms with van der Waals surface area (Å²) >= 11 is 22.0. The van der Waals surface area contributed by atoms with Gasteiger partial charge in [-0.25, -0.2) is 0 Å². The van der Waals surface area contributed by atoms with E-state index < -0.39 is 0 Å². The maximum absolute atomic E-state index is 6.18. The Hall–Kier alpha value is -1.92. The van der Waals surface area contributed by atoms with E-state index in [1.807, 2.05) is 43.3 Å². The molecule has 0 aliphatic carbocycles. The highest BCUT2D eigenvalue weighted by Gasteiger charge is 2.12. The minimum atomic E-state index is 0.368. The van der Waals surface area contributed by atoms with Crippen molar-refractivity contribution in [3.63, 3.8) is 0 Å². The van der Waals surface area contributed by atoms with Crippen molar-refractivity contribution in [3.8, 4) is 11.5 Å². The van der Waals surface area contributed by atoms with Gasteiger partial charge < -0.3 is 14.9 Å². The van der Waals surface area contributed by atoms with E-state index in [1.165, 1.54) is 0 Å². The van der Waals surface area contributed by atoms with E-state index in [0.717, 1.165) is 21.2 Å². The number of rotatable bonds is 9. The van der Waals surface area contributed by atoms with Crippen LogP contribution in [0, 0.1) is 0 Å². The summed E-state index contributed by atoms with van der Waals surface area (Å²) in [4.78, 5) is 0. The van der Waals surface area contributed by atoms with Crippen LogP contribution in [0.25, 0.3) is 0 Å². The summed E-state index contributed by atoms with van der Waals surface area (Å²) in [6.07, 6.45) is 1.69. The van der Waals surface area contributed by atoms with Gasteiger partial charge in [0.25, 0.3) is 0 Å². The van der Waals surface area contributed by atoms with Gasteiger partial charge in [-0.05, 0) is 70.4 Å². The SMILES string of the molecule is CCOc1cc(/C=N\NCc2c(Cl)cccc2Cl)cc(Br)c1OCc1cccc(Cl)c1. The Balaban J connectivity index is 1.70. The molecule has 1 N–H and O–H groups in total. The summed E-state index contributed by atoms with van der Waals surface area (Å²) in [7, 11) is 0. The molecule has 0 atom stereocenters. The number of ether oxygens (including phenoxy) is 2. The first-order valence-corrected chi connectivity index (χ1v) is 11.4. The molecule has 0 unspecified atom stereocenters. The molecule has 3 rings (SSSR count). The average molecular weight is 543 g/mol. The number of benzene rings is 3. The van der Waals surface area contributed by atoms with Crippen LogP contribution in [0.1, 0.15) is 23.6 Å². The molecule has 3 aromatic rings. The van der Waals surface area contributed by atoms with Crippen LogP contribution in [0.3, 0.4) is 0 Å². The van der Waals surface area contributed by atoms with Crippen LogP contribution in [-0.4, -0.2) is 12.8 Å². The predicted octanol–water partition coefficient (Wildman–Crippen LogP) is 7.51. The number of hydrazone groups is 1. The second kappa shape index (κ2) is 11.6. The fraction of sp³-hybridized carbons (Fsp3) is 0.174. The molecule has 0 bridgehead atoms. The third-order valence-electron chi connectivity index (χ3n) is 4.23. The van der Waals surface area contributed by atoms with Crippen LogP contribution in [0.15, 0.2) is 64.2 Å². The van der Waals surface area contributed by atoms with Gasteiger partial charge in [-0.1, -0.05) is 53.0 Å². The van der Waals surface area contributed by atoms with Gasteiger partial charge in [0.2, 0.25) is 0 Å². The molecule has 0 aromatic heterocycles. The molecule has 0 saturated heterocycles. The zero-order valence-electron chi connectivity index (χ0n) is 16.7. The number of hydrogen-bond acceptors (Lipinski definition) is 4.